The molecule has 0 spiro atoms. The molecule has 5 aromatic rings. The largest absolute Gasteiger partial charge is 0.494 e. The van der Waals surface area contributed by atoms with Gasteiger partial charge in [-0.3, -0.25) is 9.48 Å². The molecule has 0 radical (unpaired) electrons. The molecule has 6 rings (SSSR count). The molecule has 0 bridgehead atoms. The van der Waals surface area contributed by atoms with Crippen molar-refractivity contribution < 1.29 is 14.6 Å². The first-order chi connectivity index (χ1) is 17.8. The van der Waals surface area contributed by atoms with E-state index in [2.05, 4.69) is 35.7 Å². The Bertz CT molecular complexity index is 1680. The van der Waals surface area contributed by atoms with E-state index in [1.54, 1.807) is 4.90 Å². The number of aromatic hydroxyl groups is 1. The normalized spacial score (nSPS) is 13.0. The van der Waals surface area contributed by atoms with Gasteiger partial charge in [0.25, 0.3) is 5.91 Å². The SMILES string of the molecule is CCN(CC)C(=O)COc1ccc2c(c1)c1c3c[nH]c(O)c3c3c(c1n2C(C)C)CCc1nn(C)cc1-3. The van der Waals surface area contributed by atoms with Crippen LogP contribution in [0.25, 0.3) is 43.7 Å². The predicted octanol–water partition coefficient (Wildman–Crippen LogP) is 5.31. The van der Waals surface area contributed by atoms with E-state index in [9.17, 15) is 9.90 Å². The fourth-order valence-corrected chi connectivity index (χ4v) is 6.15. The van der Waals surface area contributed by atoms with Gasteiger partial charge in [-0.15, -0.1) is 0 Å². The molecule has 8 heteroatoms. The Labute approximate surface area is 215 Å². The highest BCUT2D eigenvalue weighted by molar-refractivity contribution is 6.26. The van der Waals surface area contributed by atoms with Gasteiger partial charge < -0.3 is 24.3 Å². The van der Waals surface area contributed by atoms with E-state index in [1.807, 2.05) is 43.9 Å². The van der Waals surface area contributed by atoms with E-state index < -0.39 is 0 Å². The van der Waals surface area contributed by atoms with E-state index in [4.69, 9.17) is 9.84 Å². The third kappa shape index (κ3) is 3.42. The Morgan fingerprint density at radius 2 is 1.97 bits per heavy atom. The Morgan fingerprint density at radius 1 is 1.19 bits per heavy atom. The number of fused-ring (bicyclic) bond motifs is 10. The second-order valence-corrected chi connectivity index (χ2v) is 10.2. The number of carbonyl (C=O) groups excluding carboxylic acids is 1. The molecule has 8 nitrogen and oxygen atoms in total. The zero-order valence-corrected chi connectivity index (χ0v) is 22.1. The van der Waals surface area contributed by atoms with Crippen LogP contribution in [0.2, 0.25) is 0 Å². The topological polar surface area (TPSA) is 88.3 Å². The molecule has 2 N–H and O–H groups in total. The van der Waals surface area contributed by atoms with Crippen LogP contribution in [-0.4, -0.2) is 54.9 Å². The maximum atomic E-state index is 12.5. The number of hydrogen-bond donors (Lipinski definition) is 2. The summed E-state index contributed by atoms with van der Waals surface area (Å²) in [5.74, 6) is 0.817. The number of carbonyl (C=O) groups is 1. The lowest BCUT2D eigenvalue weighted by atomic mass is 9.85. The molecule has 0 aliphatic heterocycles. The number of nitrogens with zero attached hydrogens (tertiary/aromatic N) is 4. The van der Waals surface area contributed by atoms with Crippen LogP contribution >= 0.6 is 0 Å². The van der Waals surface area contributed by atoms with Crippen molar-refractivity contribution in [3.05, 3.63) is 41.9 Å². The van der Waals surface area contributed by atoms with Crippen LogP contribution in [0.3, 0.4) is 0 Å². The summed E-state index contributed by atoms with van der Waals surface area (Å²) in [6, 6.07) is 6.31. The molecular weight excluding hydrogens is 466 g/mol. The quantitative estimate of drug-likeness (QED) is 0.331. The molecular formula is C29H33N5O3. The molecule has 192 valence electrons. The lowest BCUT2D eigenvalue weighted by Crippen LogP contribution is -2.34. The van der Waals surface area contributed by atoms with Crippen LogP contribution in [-0.2, 0) is 24.7 Å². The van der Waals surface area contributed by atoms with Crippen molar-refractivity contribution in [3.8, 4) is 22.8 Å². The van der Waals surface area contributed by atoms with Crippen molar-refractivity contribution >= 4 is 38.5 Å². The van der Waals surface area contributed by atoms with Crippen LogP contribution in [0.4, 0.5) is 0 Å². The van der Waals surface area contributed by atoms with Crippen LogP contribution in [0.5, 0.6) is 11.6 Å². The standard InChI is InChI=1S/C29H33N5O3/c1-6-33(7-2)24(35)15-37-17-8-11-23-19(12-17)26-20-13-30-29(36)27(20)25-18(28(26)34(23)16(3)4)9-10-22-21(25)14-32(5)31-22/h8,11-14,16,30,36H,6-7,9-10,15H2,1-5H3. The molecule has 0 fully saturated rings. The van der Waals surface area contributed by atoms with Gasteiger partial charge in [0.2, 0.25) is 0 Å². The number of nitrogens with one attached hydrogen (secondary N) is 1. The number of H-pyrrole nitrogens is 1. The number of benzene rings is 2. The maximum Gasteiger partial charge on any atom is 0.260 e. The number of aromatic nitrogens is 4. The van der Waals surface area contributed by atoms with Crippen molar-refractivity contribution in [1.82, 2.24) is 24.2 Å². The van der Waals surface area contributed by atoms with Gasteiger partial charge in [0.15, 0.2) is 12.5 Å². The van der Waals surface area contributed by atoms with Gasteiger partial charge in [0, 0.05) is 71.4 Å². The first-order valence-corrected chi connectivity index (χ1v) is 13.1. The predicted molar refractivity (Wildman–Crippen MR) is 146 cm³/mol. The summed E-state index contributed by atoms with van der Waals surface area (Å²) in [5.41, 5.74) is 6.77. The summed E-state index contributed by atoms with van der Waals surface area (Å²) in [6.07, 6.45) is 5.67. The molecule has 3 aromatic heterocycles. The third-order valence-electron chi connectivity index (χ3n) is 7.72. The van der Waals surface area contributed by atoms with Gasteiger partial charge in [0.05, 0.1) is 16.6 Å². The van der Waals surface area contributed by atoms with Gasteiger partial charge in [-0.1, -0.05) is 0 Å². The molecule has 0 unspecified atom stereocenters. The second kappa shape index (κ2) is 8.57. The minimum Gasteiger partial charge on any atom is -0.494 e. The fourth-order valence-electron chi connectivity index (χ4n) is 6.15. The molecule has 0 saturated heterocycles. The molecule has 37 heavy (non-hydrogen) atoms. The Morgan fingerprint density at radius 3 is 2.70 bits per heavy atom. The lowest BCUT2D eigenvalue weighted by Gasteiger charge is -2.21. The Balaban J connectivity index is 1.62. The average Bonchev–Trinajstić information content (AvgIpc) is 3.55. The van der Waals surface area contributed by atoms with Crippen molar-refractivity contribution in [1.29, 1.82) is 0 Å². The minimum atomic E-state index is -0.0194. The van der Waals surface area contributed by atoms with Gasteiger partial charge in [-0.25, -0.2) is 0 Å². The van der Waals surface area contributed by atoms with Gasteiger partial charge >= 0.3 is 0 Å². The Hall–Kier alpha value is -3.94. The molecule has 0 saturated carbocycles. The number of rotatable bonds is 6. The first-order valence-electron chi connectivity index (χ1n) is 13.1. The van der Waals surface area contributed by atoms with Gasteiger partial charge in [-0.2, -0.15) is 5.10 Å². The van der Waals surface area contributed by atoms with Crippen LogP contribution in [0.1, 0.15) is 45.0 Å². The number of aromatic amines is 1. The first kappa shape index (κ1) is 23.5. The number of likely N-dealkylation sites (N-methyl/N-ethyl adjacent to an activating group) is 1. The number of ether oxygens (including phenoxy) is 1. The summed E-state index contributed by atoms with van der Waals surface area (Å²) in [7, 11) is 1.95. The van der Waals surface area contributed by atoms with E-state index in [0.29, 0.717) is 18.8 Å². The van der Waals surface area contributed by atoms with Crippen molar-refractivity contribution in [3.63, 3.8) is 0 Å². The van der Waals surface area contributed by atoms with E-state index in [-0.39, 0.29) is 24.4 Å². The van der Waals surface area contributed by atoms with Crippen molar-refractivity contribution in [2.24, 2.45) is 7.05 Å². The van der Waals surface area contributed by atoms with Crippen molar-refractivity contribution in [2.75, 3.05) is 19.7 Å². The number of aryl methyl sites for hydroxylation is 3. The molecule has 1 aliphatic rings. The van der Waals surface area contributed by atoms with E-state index >= 15 is 0 Å². The summed E-state index contributed by atoms with van der Waals surface area (Å²) in [6.45, 7) is 9.69. The molecule has 0 atom stereocenters. The second-order valence-electron chi connectivity index (χ2n) is 10.2. The smallest absolute Gasteiger partial charge is 0.260 e. The number of amides is 1. The van der Waals surface area contributed by atoms with E-state index in [0.717, 1.165) is 56.7 Å². The van der Waals surface area contributed by atoms with E-state index in [1.165, 1.54) is 11.1 Å². The highest BCUT2D eigenvalue weighted by atomic mass is 16.5. The zero-order valence-electron chi connectivity index (χ0n) is 22.1. The highest BCUT2D eigenvalue weighted by Gasteiger charge is 2.30. The fraction of sp³-hybridized carbons (Fsp3) is 0.379. The summed E-state index contributed by atoms with van der Waals surface area (Å²) in [4.78, 5) is 17.4. The average molecular weight is 500 g/mol. The van der Waals surface area contributed by atoms with Crippen molar-refractivity contribution in [2.45, 2.75) is 46.6 Å². The van der Waals surface area contributed by atoms with Gasteiger partial charge in [-0.05, 0) is 64.3 Å². The third-order valence-corrected chi connectivity index (χ3v) is 7.72. The zero-order chi connectivity index (χ0) is 26.0. The molecule has 1 aliphatic carbocycles. The lowest BCUT2D eigenvalue weighted by molar-refractivity contribution is -0.132. The monoisotopic (exact) mass is 499 g/mol. The highest BCUT2D eigenvalue weighted by Crippen LogP contribution is 2.49. The Kier molecular flexibility index (Phi) is 5.44. The number of hydrogen-bond acceptors (Lipinski definition) is 4. The molecule has 3 heterocycles. The maximum absolute atomic E-state index is 12.5. The minimum absolute atomic E-state index is 0.00947. The van der Waals surface area contributed by atoms with Gasteiger partial charge in [0.1, 0.15) is 5.75 Å². The summed E-state index contributed by atoms with van der Waals surface area (Å²) < 4.78 is 10.3. The van der Waals surface area contributed by atoms with Crippen LogP contribution in [0, 0.1) is 0 Å². The summed E-state index contributed by atoms with van der Waals surface area (Å²) >= 11 is 0. The summed E-state index contributed by atoms with van der Waals surface area (Å²) in [5, 5.41) is 19.6. The van der Waals surface area contributed by atoms with Crippen LogP contribution < -0.4 is 4.74 Å². The molecule has 1 amide bonds. The van der Waals surface area contributed by atoms with Crippen LogP contribution in [0.15, 0.2) is 30.6 Å². The molecule has 2 aromatic carbocycles.